The van der Waals surface area contributed by atoms with Gasteiger partial charge in [0.25, 0.3) is 0 Å². The summed E-state index contributed by atoms with van der Waals surface area (Å²) in [5.41, 5.74) is 0.837. The third kappa shape index (κ3) is 4.34. The van der Waals surface area contributed by atoms with Gasteiger partial charge in [0.15, 0.2) is 0 Å². The molecule has 0 saturated carbocycles. The predicted octanol–water partition coefficient (Wildman–Crippen LogP) is 4.73. The Kier molecular flexibility index (Phi) is 5.60. The van der Waals surface area contributed by atoms with E-state index in [1.54, 1.807) is 0 Å². The number of aromatic nitrogens is 2. The summed E-state index contributed by atoms with van der Waals surface area (Å²) < 4.78 is 0. The van der Waals surface area contributed by atoms with Crippen LogP contribution < -0.4 is 5.32 Å². The van der Waals surface area contributed by atoms with Gasteiger partial charge in [-0.15, -0.1) is 0 Å². The lowest BCUT2D eigenvalue weighted by Crippen LogP contribution is -2.23. The number of hydrogen-bond acceptors (Lipinski definition) is 3. The van der Waals surface area contributed by atoms with Gasteiger partial charge in [-0.25, -0.2) is 9.97 Å². The molecule has 0 radical (unpaired) electrons. The monoisotopic (exact) mass is 283 g/mol. The zero-order valence-corrected chi connectivity index (χ0v) is 13.7. The second-order valence-corrected chi connectivity index (χ2v) is 6.46. The summed E-state index contributed by atoms with van der Waals surface area (Å²) in [7, 11) is 0. The van der Waals surface area contributed by atoms with E-state index in [0.717, 1.165) is 36.5 Å². The molecule has 3 nitrogen and oxygen atoms in total. The van der Waals surface area contributed by atoms with E-state index in [0.29, 0.717) is 11.2 Å². The Morgan fingerprint density at radius 2 is 1.84 bits per heavy atom. The molecule has 1 heterocycles. The van der Waals surface area contributed by atoms with Crippen LogP contribution in [0.25, 0.3) is 0 Å². The Morgan fingerprint density at radius 3 is 2.32 bits per heavy atom. The maximum atomic E-state index is 6.24. The van der Waals surface area contributed by atoms with Crippen molar-refractivity contribution in [3.05, 3.63) is 16.5 Å². The smallest absolute Gasteiger partial charge is 0.137 e. The minimum absolute atomic E-state index is 0.0970. The van der Waals surface area contributed by atoms with Gasteiger partial charge >= 0.3 is 0 Å². The fraction of sp³-hybridized carbons (Fsp3) is 0.733. The lowest BCUT2D eigenvalue weighted by Gasteiger charge is -2.22. The van der Waals surface area contributed by atoms with Crippen LogP contribution in [-0.2, 0) is 5.41 Å². The lowest BCUT2D eigenvalue weighted by atomic mass is 9.95. The Labute approximate surface area is 122 Å². The minimum atomic E-state index is -0.0970. The highest BCUT2D eigenvalue weighted by atomic mass is 35.5. The molecule has 0 aromatic carbocycles. The number of nitrogens with zero attached hydrogens (tertiary/aromatic N) is 2. The number of hydrogen-bond donors (Lipinski definition) is 1. The molecule has 1 rings (SSSR count). The van der Waals surface area contributed by atoms with E-state index in [1.165, 1.54) is 0 Å². The van der Waals surface area contributed by atoms with Gasteiger partial charge in [-0.05, 0) is 19.8 Å². The van der Waals surface area contributed by atoms with Crippen molar-refractivity contribution in [2.24, 2.45) is 0 Å². The van der Waals surface area contributed by atoms with Crippen LogP contribution >= 0.6 is 11.6 Å². The second kappa shape index (κ2) is 6.56. The van der Waals surface area contributed by atoms with E-state index in [1.807, 2.05) is 6.92 Å². The fourth-order valence-corrected chi connectivity index (χ4v) is 2.05. The molecule has 0 saturated heterocycles. The molecule has 0 bridgehead atoms. The average molecular weight is 284 g/mol. The number of nitrogens with one attached hydrogen (secondary N) is 1. The largest absolute Gasteiger partial charge is 0.367 e. The normalized spacial score (nSPS) is 13.4. The summed E-state index contributed by atoms with van der Waals surface area (Å²) in [6.07, 6.45) is 3.39. The topological polar surface area (TPSA) is 37.8 Å². The van der Waals surface area contributed by atoms with Gasteiger partial charge in [-0.1, -0.05) is 52.6 Å². The molecule has 1 N–H and O–H groups in total. The molecule has 0 spiro atoms. The predicted molar refractivity (Wildman–Crippen MR) is 83.1 cm³/mol. The van der Waals surface area contributed by atoms with Gasteiger partial charge < -0.3 is 5.32 Å². The van der Waals surface area contributed by atoms with Crippen molar-refractivity contribution in [1.29, 1.82) is 0 Å². The average Bonchev–Trinajstić information content (AvgIpc) is 2.32. The Balaban J connectivity index is 3.09. The molecule has 108 valence electrons. The molecule has 1 atom stereocenters. The number of rotatable bonds is 5. The summed E-state index contributed by atoms with van der Waals surface area (Å²) in [5, 5.41) is 4.07. The molecule has 19 heavy (non-hydrogen) atoms. The third-order valence-corrected chi connectivity index (χ3v) is 3.60. The molecule has 0 aliphatic carbocycles. The van der Waals surface area contributed by atoms with Gasteiger partial charge in [-0.2, -0.15) is 0 Å². The quantitative estimate of drug-likeness (QED) is 0.794. The van der Waals surface area contributed by atoms with Crippen molar-refractivity contribution >= 4 is 17.4 Å². The van der Waals surface area contributed by atoms with Gasteiger partial charge in [0, 0.05) is 17.0 Å². The lowest BCUT2D eigenvalue weighted by molar-refractivity contribution is 0.543. The standard InChI is InChI=1S/C15H26ClN3/c1-7-9-11(8-2)17-13-10(3)12(16)18-14(19-13)15(4,5)6/h11H,7-9H2,1-6H3,(H,17,18,19). The highest BCUT2D eigenvalue weighted by molar-refractivity contribution is 6.30. The van der Waals surface area contributed by atoms with Crippen LogP contribution in [0.4, 0.5) is 5.82 Å². The Bertz CT molecular complexity index is 424. The zero-order chi connectivity index (χ0) is 14.6. The molecule has 4 heteroatoms. The van der Waals surface area contributed by atoms with Crippen molar-refractivity contribution in [3.63, 3.8) is 0 Å². The van der Waals surface area contributed by atoms with Crippen molar-refractivity contribution in [3.8, 4) is 0 Å². The summed E-state index contributed by atoms with van der Waals surface area (Å²) in [5.74, 6) is 1.67. The van der Waals surface area contributed by atoms with Gasteiger partial charge in [0.1, 0.15) is 16.8 Å². The molecule has 1 unspecified atom stereocenters. The molecule has 0 aliphatic rings. The van der Waals surface area contributed by atoms with Crippen LogP contribution in [0.5, 0.6) is 0 Å². The van der Waals surface area contributed by atoms with Gasteiger partial charge in [-0.3, -0.25) is 0 Å². The third-order valence-electron chi connectivity index (χ3n) is 3.23. The SMILES string of the molecule is CCCC(CC)Nc1nc(C(C)(C)C)nc(Cl)c1C. The number of anilines is 1. The highest BCUT2D eigenvalue weighted by Gasteiger charge is 2.21. The molecule has 1 aromatic heterocycles. The fourth-order valence-electron chi connectivity index (χ4n) is 1.89. The molecule has 0 fully saturated rings. The van der Waals surface area contributed by atoms with E-state index in [-0.39, 0.29) is 5.41 Å². The first kappa shape index (κ1) is 16.2. The molecular weight excluding hydrogens is 258 g/mol. The Morgan fingerprint density at radius 1 is 1.21 bits per heavy atom. The van der Waals surface area contributed by atoms with Crippen molar-refractivity contribution in [1.82, 2.24) is 9.97 Å². The van der Waals surface area contributed by atoms with E-state index < -0.39 is 0 Å². The van der Waals surface area contributed by atoms with Crippen LogP contribution in [0.2, 0.25) is 5.15 Å². The van der Waals surface area contributed by atoms with Crippen molar-refractivity contribution in [2.45, 2.75) is 72.3 Å². The first-order chi connectivity index (χ1) is 8.79. The first-order valence-electron chi connectivity index (χ1n) is 7.10. The van der Waals surface area contributed by atoms with Crippen LogP contribution in [0.15, 0.2) is 0 Å². The zero-order valence-electron chi connectivity index (χ0n) is 13.0. The van der Waals surface area contributed by atoms with Gasteiger partial charge in [0.05, 0.1) is 0 Å². The van der Waals surface area contributed by atoms with E-state index in [2.05, 4.69) is 49.9 Å². The summed E-state index contributed by atoms with van der Waals surface area (Å²) in [6.45, 7) is 12.7. The van der Waals surface area contributed by atoms with Gasteiger partial charge in [0.2, 0.25) is 0 Å². The first-order valence-corrected chi connectivity index (χ1v) is 7.48. The summed E-state index contributed by atoms with van der Waals surface area (Å²) in [4.78, 5) is 9.07. The van der Waals surface area contributed by atoms with E-state index in [4.69, 9.17) is 11.6 Å². The molecule has 1 aromatic rings. The minimum Gasteiger partial charge on any atom is -0.367 e. The van der Waals surface area contributed by atoms with Crippen molar-refractivity contribution < 1.29 is 0 Å². The summed E-state index contributed by atoms with van der Waals surface area (Å²) >= 11 is 6.24. The highest BCUT2D eigenvalue weighted by Crippen LogP contribution is 2.27. The number of halogens is 1. The molecule has 0 amide bonds. The van der Waals surface area contributed by atoms with Crippen molar-refractivity contribution in [2.75, 3.05) is 5.32 Å². The Hall–Kier alpha value is -0.830. The van der Waals surface area contributed by atoms with Crippen LogP contribution in [0.1, 0.15) is 65.3 Å². The van der Waals surface area contributed by atoms with E-state index >= 15 is 0 Å². The summed E-state index contributed by atoms with van der Waals surface area (Å²) in [6, 6.07) is 0.447. The van der Waals surface area contributed by atoms with Crippen LogP contribution in [0, 0.1) is 6.92 Å². The molecular formula is C15H26ClN3. The maximum absolute atomic E-state index is 6.24. The van der Waals surface area contributed by atoms with E-state index in [9.17, 15) is 0 Å². The molecule has 0 aliphatic heterocycles. The van der Waals surface area contributed by atoms with Crippen LogP contribution in [0.3, 0.4) is 0 Å². The maximum Gasteiger partial charge on any atom is 0.137 e. The second-order valence-electron chi connectivity index (χ2n) is 6.10. The van der Waals surface area contributed by atoms with Crippen LogP contribution in [-0.4, -0.2) is 16.0 Å².